The van der Waals surface area contributed by atoms with Crippen LogP contribution in [0.2, 0.25) is 5.02 Å². The predicted molar refractivity (Wildman–Crippen MR) is 112 cm³/mol. The van der Waals surface area contributed by atoms with Crippen molar-refractivity contribution in [3.8, 4) is 5.75 Å². The second-order valence-electron chi connectivity index (χ2n) is 6.38. The van der Waals surface area contributed by atoms with Gasteiger partial charge >= 0.3 is 0 Å². The average molecular weight is 397 g/mol. The summed E-state index contributed by atoms with van der Waals surface area (Å²) in [6.45, 7) is 5.60. The molecule has 1 aromatic heterocycles. The Morgan fingerprint density at radius 3 is 2.46 bits per heavy atom. The number of methoxy groups -OCH3 is 1. The molecule has 28 heavy (non-hydrogen) atoms. The first-order valence-electron chi connectivity index (χ1n) is 8.71. The number of benzene rings is 2. The largest absolute Gasteiger partial charge is 0.495 e. The highest BCUT2D eigenvalue weighted by molar-refractivity contribution is 6.31. The number of anilines is 3. The SMILES string of the molecule is COc1cc(Cl)c(C)cc1NC(=O)c1cc(Nc2ccccc2C)nc(C)n1. The normalized spacial score (nSPS) is 10.5. The van der Waals surface area contributed by atoms with E-state index in [1.54, 1.807) is 25.1 Å². The van der Waals surface area contributed by atoms with Gasteiger partial charge < -0.3 is 15.4 Å². The number of rotatable bonds is 5. The molecule has 6 nitrogen and oxygen atoms in total. The van der Waals surface area contributed by atoms with Crippen LogP contribution in [0.5, 0.6) is 5.75 Å². The van der Waals surface area contributed by atoms with Crippen LogP contribution in [0.15, 0.2) is 42.5 Å². The van der Waals surface area contributed by atoms with Gasteiger partial charge in [0.1, 0.15) is 23.1 Å². The molecule has 0 radical (unpaired) electrons. The first-order chi connectivity index (χ1) is 13.4. The molecule has 0 spiro atoms. The van der Waals surface area contributed by atoms with Crippen molar-refractivity contribution in [1.82, 2.24) is 9.97 Å². The minimum Gasteiger partial charge on any atom is -0.495 e. The average Bonchev–Trinajstić information content (AvgIpc) is 2.66. The molecule has 0 saturated carbocycles. The quantitative estimate of drug-likeness (QED) is 0.630. The van der Waals surface area contributed by atoms with Gasteiger partial charge in [-0.25, -0.2) is 9.97 Å². The van der Waals surface area contributed by atoms with Gasteiger partial charge in [-0.2, -0.15) is 0 Å². The number of nitrogens with one attached hydrogen (secondary N) is 2. The highest BCUT2D eigenvalue weighted by Gasteiger charge is 2.15. The number of ether oxygens (including phenoxy) is 1. The molecule has 0 atom stereocenters. The van der Waals surface area contributed by atoms with Crippen LogP contribution in [-0.2, 0) is 0 Å². The monoisotopic (exact) mass is 396 g/mol. The summed E-state index contributed by atoms with van der Waals surface area (Å²) in [5.41, 5.74) is 3.60. The summed E-state index contributed by atoms with van der Waals surface area (Å²) in [7, 11) is 1.52. The predicted octanol–water partition coefficient (Wildman–Crippen LogP) is 5.06. The number of hydrogen-bond donors (Lipinski definition) is 2. The smallest absolute Gasteiger partial charge is 0.274 e. The van der Waals surface area contributed by atoms with E-state index in [1.165, 1.54) is 7.11 Å². The van der Waals surface area contributed by atoms with E-state index in [0.29, 0.717) is 28.1 Å². The van der Waals surface area contributed by atoms with Crippen molar-refractivity contribution in [2.45, 2.75) is 20.8 Å². The molecule has 0 bridgehead atoms. The van der Waals surface area contributed by atoms with E-state index in [-0.39, 0.29) is 11.6 Å². The molecule has 0 fully saturated rings. The van der Waals surface area contributed by atoms with Crippen LogP contribution >= 0.6 is 11.6 Å². The van der Waals surface area contributed by atoms with Crippen LogP contribution in [-0.4, -0.2) is 23.0 Å². The molecule has 0 saturated heterocycles. The number of carbonyl (C=O) groups is 1. The van der Waals surface area contributed by atoms with E-state index in [2.05, 4.69) is 20.6 Å². The van der Waals surface area contributed by atoms with Crippen LogP contribution < -0.4 is 15.4 Å². The third kappa shape index (κ3) is 4.40. The first-order valence-corrected chi connectivity index (χ1v) is 9.09. The van der Waals surface area contributed by atoms with E-state index in [4.69, 9.17) is 16.3 Å². The molecule has 7 heteroatoms. The Kier molecular flexibility index (Phi) is 5.80. The first kappa shape index (κ1) is 19.6. The lowest BCUT2D eigenvalue weighted by Crippen LogP contribution is -2.16. The van der Waals surface area contributed by atoms with E-state index < -0.39 is 0 Å². The Bertz CT molecular complexity index is 1040. The van der Waals surface area contributed by atoms with Crippen molar-refractivity contribution >= 4 is 34.7 Å². The van der Waals surface area contributed by atoms with Crippen molar-refractivity contribution in [1.29, 1.82) is 0 Å². The molecule has 2 aromatic carbocycles. The van der Waals surface area contributed by atoms with Crippen LogP contribution in [0.3, 0.4) is 0 Å². The summed E-state index contributed by atoms with van der Waals surface area (Å²) < 4.78 is 5.31. The molecule has 0 aliphatic heterocycles. The number of hydrogen-bond acceptors (Lipinski definition) is 5. The topological polar surface area (TPSA) is 76.1 Å². The summed E-state index contributed by atoms with van der Waals surface area (Å²) in [5, 5.41) is 6.64. The third-order valence-electron chi connectivity index (χ3n) is 4.21. The zero-order chi connectivity index (χ0) is 20.3. The standard InChI is InChI=1S/C21H21ClN4O2/c1-12-7-5-6-8-16(12)25-20-11-18(23-14(3)24-20)21(27)26-17-9-13(2)15(22)10-19(17)28-4/h5-11H,1-4H3,(H,26,27)(H,23,24,25). The highest BCUT2D eigenvalue weighted by Crippen LogP contribution is 2.31. The lowest BCUT2D eigenvalue weighted by Gasteiger charge is -2.13. The molecule has 2 N–H and O–H groups in total. The fourth-order valence-electron chi connectivity index (χ4n) is 2.72. The molecule has 3 rings (SSSR count). The lowest BCUT2D eigenvalue weighted by molar-refractivity contribution is 0.102. The van der Waals surface area contributed by atoms with E-state index in [0.717, 1.165) is 16.8 Å². The zero-order valence-corrected chi connectivity index (χ0v) is 16.9. The molecular weight excluding hydrogens is 376 g/mol. The Hall–Kier alpha value is -3.12. The number of para-hydroxylation sites is 1. The summed E-state index contributed by atoms with van der Waals surface area (Å²) in [5.74, 6) is 1.15. The second kappa shape index (κ2) is 8.27. The molecule has 3 aromatic rings. The maximum absolute atomic E-state index is 12.8. The second-order valence-corrected chi connectivity index (χ2v) is 6.79. The molecule has 0 aliphatic rings. The molecule has 0 aliphatic carbocycles. The van der Waals surface area contributed by atoms with E-state index >= 15 is 0 Å². The Morgan fingerprint density at radius 2 is 1.75 bits per heavy atom. The fourth-order valence-corrected chi connectivity index (χ4v) is 2.87. The Morgan fingerprint density at radius 1 is 1.00 bits per heavy atom. The van der Waals surface area contributed by atoms with Gasteiger partial charge in [-0.3, -0.25) is 4.79 Å². The molecular formula is C21H21ClN4O2. The minimum absolute atomic E-state index is 0.248. The summed E-state index contributed by atoms with van der Waals surface area (Å²) in [6, 6.07) is 12.9. The van der Waals surface area contributed by atoms with Gasteiger partial charge in [0.05, 0.1) is 12.8 Å². The van der Waals surface area contributed by atoms with Gasteiger partial charge in [0, 0.05) is 22.8 Å². The molecule has 1 amide bonds. The number of amides is 1. The van der Waals surface area contributed by atoms with Gasteiger partial charge in [0.15, 0.2) is 0 Å². The number of aryl methyl sites for hydroxylation is 3. The molecule has 1 heterocycles. The molecule has 144 valence electrons. The van der Waals surface area contributed by atoms with Gasteiger partial charge in [-0.05, 0) is 44.0 Å². The maximum atomic E-state index is 12.8. The maximum Gasteiger partial charge on any atom is 0.274 e. The summed E-state index contributed by atoms with van der Waals surface area (Å²) >= 11 is 6.13. The van der Waals surface area contributed by atoms with Gasteiger partial charge in [0.25, 0.3) is 5.91 Å². The van der Waals surface area contributed by atoms with Gasteiger partial charge in [0.2, 0.25) is 0 Å². The van der Waals surface area contributed by atoms with Crippen molar-refractivity contribution < 1.29 is 9.53 Å². The third-order valence-corrected chi connectivity index (χ3v) is 4.61. The Balaban J connectivity index is 1.88. The van der Waals surface area contributed by atoms with Crippen LogP contribution in [0.25, 0.3) is 0 Å². The number of carbonyl (C=O) groups excluding carboxylic acids is 1. The number of aromatic nitrogens is 2. The number of nitrogens with zero attached hydrogens (tertiary/aromatic N) is 2. The van der Waals surface area contributed by atoms with Crippen molar-refractivity contribution in [2.75, 3.05) is 17.7 Å². The van der Waals surface area contributed by atoms with Gasteiger partial charge in [-0.15, -0.1) is 0 Å². The number of halogens is 1. The van der Waals surface area contributed by atoms with E-state index in [9.17, 15) is 4.79 Å². The van der Waals surface area contributed by atoms with Crippen molar-refractivity contribution in [2.24, 2.45) is 0 Å². The fraction of sp³-hybridized carbons (Fsp3) is 0.190. The van der Waals surface area contributed by atoms with Crippen molar-refractivity contribution in [3.05, 3.63) is 70.1 Å². The molecule has 0 unspecified atom stereocenters. The van der Waals surface area contributed by atoms with Crippen LogP contribution in [0, 0.1) is 20.8 Å². The van der Waals surface area contributed by atoms with E-state index in [1.807, 2.05) is 38.1 Å². The minimum atomic E-state index is -0.363. The van der Waals surface area contributed by atoms with Crippen LogP contribution in [0.4, 0.5) is 17.2 Å². The zero-order valence-electron chi connectivity index (χ0n) is 16.1. The van der Waals surface area contributed by atoms with Gasteiger partial charge in [-0.1, -0.05) is 29.8 Å². The lowest BCUT2D eigenvalue weighted by atomic mass is 10.2. The highest BCUT2D eigenvalue weighted by atomic mass is 35.5. The van der Waals surface area contributed by atoms with Crippen molar-refractivity contribution in [3.63, 3.8) is 0 Å². The van der Waals surface area contributed by atoms with Crippen LogP contribution in [0.1, 0.15) is 27.4 Å². The Labute approximate surface area is 168 Å². The summed E-state index contributed by atoms with van der Waals surface area (Å²) in [4.78, 5) is 21.4. The summed E-state index contributed by atoms with van der Waals surface area (Å²) in [6.07, 6.45) is 0.